The Balaban J connectivity index is 0.000000508. The molecule has 5 atom stereocenters. The van der Waals surface area contributed by atoms with Gasteiger partial charge >= 0.3 is 0 Å². The van der Waals surface area contributed by atoms with Gasteiger partial charge in [-0.15, -0.1) is 11.8 Å². The first-order valence-electron chi connectivity index (χ1n) is 9.20. The van der Waals surface area contributed by atoms with Crippen LogP contribution in [0, 0.1) is 43.9 Å². The summed E-state index contributed by atoms with van der Waals surface area (Å²) in [6, 6.07) is -0.774. The summed E-state index contributed by atoms with van der Waals surface area (Å²) in [7, 11) is 0. The molecule has 0 aromatic heterocycles. The van der Waals surface area contributed by atoms with Gasteiger partial charge in [-0.25, -0.2) is 0 Å². The zero-order chi connectivity index (χ0) is 20.4. The Bertz CT molecular complexity index is 470. The van der Waals surface area contributed by atoms with Crippen molar-refractivity contribution in [3.63, 3.8) is 0 Å². The van der Waals surface area contributed by atoms with E-state index in [9.17, 15) is 25.3 Å². The zero-order valence-electron chi connectivity index (χ0n) is 16.7. The van der Waals surface area contributed by atoms with E-state index in [0.717, 1.165) is 19.0 Å². The van der Waals surface area contributed by atoms with Gasteiger partial charge in [0.05, 0.1) is 10.2 Å². The first-order valence-corrected chi connectivity index (χ1v) is 10.3. The van der Waals surface area contributed by atoms with Crippen LogP contribution in [0.4, 0.5) is 0 Å². The molecule has 1 aliphatic heterocycles. The van der Waals surface area contributed by atoms with Crippen molar-refractivity contribution in [1.29, 1.82) is 0 Å². The van der Waals surface area contributed by atoms with Crippen molar-refractivity contribution in [2.24, 2.45) is 23.7 Å². The summed E-state index contributed by atoms with van der Waals surface area (Å²) in [5.74, 6) is 2.24. The van der Waals surface area contributed by atoms with Crippen molar-refractivity contribution < 1.29 is 15.0 Å². The molecule has 1 aliphatic rings. The minimum atomic E-state index is -0.774. The second-order valence-electron chi connectivity index (χ2n) is 7.98. The molecule has 0 spiro atoms. The summed E-state index contributed by atoms with van der Waals surface area (Å²) in [6.45, 7) is 12.5. The van der Waals surface area contributed by atoms with Gasteiger partial charge in [0.25, 0.3) is 6.04 Å². The molecule has 8 heteroatoms. The number of hydrogen-bond donors (Lipinski definition) is 1. The number of nitrogens with zero attached hydrogens (tertiary/aromatic N) is 2. The SMILES string of the molecule is CC(C)CC(C)/C=C/[N+](=O)[O-].CC(C)CC(C)C1SCC(O)C1[N+](=O)[O-]. The van der Waals surface area contributed by atoms with Gasteiger partial charge in [0.1, 0.15) is 6.10 Å². The van der Waals surface area contributed by atoms with E-state index in [4.69, 9.17) is 0 Å². The Morgan fingerprint density at radius 2 is 1.62 bits per heavy atom. The molecule has 0 aromatic rings. The fourth-order valence-electron chi connectivity index (χ4n) is 3.30. The van der Waals surface area contributed by atoms with Crippen LogP contribution in [0.5, 0.6) is 0 Å². The molecule has 5 unspecified atom stereocenters. The van der Waals surface area contributed by atoms with E-state index in [1.165, 1.54) is 0 Å². The predicted octanol–water partition coefficient (Wildman–Crippen LogP) is 4.25. The van der Waals surface area contributed by atoms with Gasteiger partial charge in [-0.3, -0.25) is 20.2 Å². The Hall–Kier alpha value is -1.15. The topological polar surface area (TPSA) is 107 Å². The molecule has 26 heavy (non-hydrogen) atoms. The van der Waals surface area contributed by atoms with Crippen LogP contribution >= 0.6 is 11.8 Å². The number of thioether (sulfide) groups is 1. The molecule has 0 saturated carbocycles. The molecule has 0 aromatic carbocycles. The number of aliphatic hydroxyl groups excluding tert-OH is 1. The van der Waals surface area contributed by atoms with Crippen LogP contribution < -0.4 is 0 Å². The molecule has 1 N–H and O–H groups in total. The maximum atomic E-state index is 10.8. The lowest BCUT2D eigenvalue weighted by molar-refractivity contribution is -0.532. The molecule has 0 bridgehead atoms. The van der Waals surface area contributed by atoms with E-state index in [1.807, 2.05) is 13.8 Å². The molecule has 1 rings (SSSR count). The van der Waals surface area contributed by atoms with Crippen molar-refractivity contribution in [2.75, 3.05) is 5.75 Å². The van der Waals surface area contributed by atoms with Gasteiger partial charge in [0.15, 0.2) is 0 Å². The second kappa shape index (κ2) is 12.3. The number of nitro groups is 2. The van der Waals surface area contributed by atoms with Crippen molar-refractivity contribution in [3.05, 3.63) is 32.5 Å². The Morgan fingerprint density at radius 1 is 1.08 bits per heavy atom. The van der Waals surface area contributed by atoms with Gasteiger partial charge in [-0.05, 0) is 42.6 Å². The quantitative estimate of drug-likeness (QED) is 0.490. The van der Waals surface area contributed by atoms with E-state index in [2.05, 4.69) is 27.7 Å². The highest BCUT2D eigenvalue weighted by molar-refractivity contribution is 8.00. The first kappa shape index (κ1) is 24.8. The summed E-state index contributed by atoms with van der Waals surface area (Å²) in [6.07, 6.45) is 3.87. The van der Waals surface area contributed by atoms with Crippen LogP contribution in [0.15, 0.2) is 12.3 Å². The Morgan fingerprint density at radius 3 is 2.04 bits per heavy atom. The largest absolute Gasteiger partial charge is 0.385 e. The molecule has 0 radical (unpaired) electrons. The second-order valence-corrected chi connectivity index (χ2v) is 9.19. The fourth-order valence-corrected chi connectivity index (χ4v) is 4.84. The molecule has 0 aliphatic carbocycles. The van der Waals surface area contributed by atoms with Crippen molar-refractivity contribution in [2.45, 2.75) is 71.8 Å². The van der Waals surface area contributed by atoms with Gasteiger partial charge < -0.3 is 5.11 Å². The first-order chi connectivity index (χ1) is 12.0. The molecule has 1 saturated heterocycles. The normalized spacial score (nSPS) is 25.2. The molecule has 1 fully saturated rings. The van der Waals surface area contributed by atoms with Crippen molar-refractivity contribution >= 4 is 11.8 Å². The average Bonchev–Trinajstić information content (AvgIpc) is 2.86. The lowest BCUT2D eigenvalue weighted by Gasteiger charge is -2.22. The van der Waals surface area contributed by atoms with Crippen LogP contribution in [0.1, 0.15) is 54.4 Å². The molecule has 152 valence electrons. The summed E-state index contributed by atoms with van der Waals surface area (Å²) >= 11 is 1.55. The lowest BCUT2D eigenvalue weighted by Crippen LogP contribution is -2.40. The minimum Gasteiger partial charge on any atom is -0.385 e. The molecule has 0 amide bonds. The highest BCUT2D eigenvalue weighted by Crippen LogP contribution is 2.36. The van der Waals surface area contributed by atoms with E-state index < -0.39 is 17.1 Å². The third-order valence-corrected chi connectivity index (χ3v) is 5.88. The van der Waals surface area contributed by atoms with Gasteiger partial charge in [-0.2, -0.15) is 0 Å². The smallest absolute Gasteiger partial charge is 0.251 e. The van der Waals surface area contributed by atoms with Gasteiger partial charge in [0, 0.05) is 10.7 Å². The molecular weight excluding hydrogens is 356 g/mol. The minimum absolute atomic E-state index is 0.0302. The fraction of sp³-hybridized carbons (Fsp3) is 0.889. The van der Waals surface area contributed by atoms with Crippen LogP contribution in [0.2, 0.25) is 0 Å². The Labute approximate surface area is 160 Å². The lowest BCUT2D eigenvalue weighted by atomic mass is 9.91. The number of allylic oxidation sites excluding steroid dienone is 1. The monoisotopic (exact) mass is 390 g/mol. The molecule has 1 heterocycles. The van der Waals surface area contributed by atoms with E-state index in [0.29, 0.717) is 29.4 Å². The van der Waals surface area contributed by atoms with Crippen molar-refractivity contribution in [1.82, 2.24) is 0 Å². The number of hydrogen-bond acceptors (Lipinski definition) is 6. The van der Waals surface area contributed by atoms with Gasteiger partial charge in [0.2, 0.25) is 6.20 Å². The maximum Gasteiger partial charge on any atom is 0.251 e. The molecular formula is C18H34N2O5S. The van der Waals surface area contributed by atoms with Gasteiger partial charge in [-0.1, -0.05) is 41.5 Å². The number of rotatable bonds is 8. The van der Waals surface area contributed by atoms with Crippen molar-refractivity contribution in [3.8, 4) is 0 Å². The van der Waals surface area contributed by atoms with E-state index >= 15 is 0 Å². The van der Waals surface area contributed by atoms with Crippen LogP contribution in [-0.4, -0.2) is 38.1 Å². The van der Waals surface area contributed by atoms with Crippen LogP contribution in [-0.2, 0) is 0 Å². The van der Waals surface area contributed by atoms with Crippen LogP contribution in [0.25, 0.3) is 0 Å². The van der Waals surface area contributed by atoms with Crippen LogP contribution in [0.3, 0.4) is 0 Å². The Kier molecular flexibility index (Phi) is 11.7. The zero-order valence-corrected chi connectivity index (χ0v) is 17.5. The summed E-state index contributed by atoms with van der Waals surface area (Å²) in [5.41, 5.74) is 0. The molecule has 7 nitrogen and oxygen atoms in total. The summed E-state index contributed by atoms with van der Waals surface area (Å²) < 4.78 is 0. The predicted molar refractivity (Wildman–Crippen MR) is 106 cm³/mol. The van der Waals surface area contributed by atoms with E-state index in [1.54, 1.807) is 17.8 Å². The standard InChI is InChI=1S/C10H19NO3S.C8H15NO2/c1-6(2)4-7(3)10-9(11(13)14)8(12)5-15-10;1-7(2)6-8(3)4-5-9(10)11/h6-10,12H,4-5H2,1-3H3;4-5,7-8H,6H2,1-3H3/b;5-4+. The third-order valence-electron chi connectivity index (χ3n) is 4.22. The highest BCUT2D eigenvalue weighted by atomic mass is 32.2. The highest BCUT2D eigenvalue weighted by Gasteiger charge is 2.47. The third kappa shape index (κ3) is 10.1. The average molecular weight is 391 g/mol. The number of aliphatic hydroxyl groups is 1. The maximum absolute atomic E-state index is 10.8. The van der Waals surface area contributed by atoms with E-state index in [-0.39, 0.29) is 10.2 Å². The summed E-state index contributed by atoms with van der Waals surface area (Å²) in [4.78, 5) is 20.0. The summed E-state index contributed by atoms with van der Waals surface area (Å²) in [5, 5.41) is 30.3.